The molecule has 1 atom stereocenters. The molecule has 1 amide bonds. The zero-order valence-corrected chi connectivity index (χ0v) is 12.8. The summed E-state index contributed by atoms with van der Waals surface area (Å²) in [6.45, 7) is 2.60. The number of nitrogens with one attached hydrogen (secondary N) is 1. The van der Waals surface area contributed by atoms with Crippen LogP contribution in [0.1, 0.15) is 31.7 Å². The molecule has 1 rings (SSSR count). The summed E-state index contributed by atoms with van der Waals surface area (Å²) < 4.78 is 0. The normalized spacial score (nSPS) is 11.5. The van der Waals surface area contributed by atoms with Crippen molar-refractivity contribution < 1.29 is 4.79 Å². The van der Waals surface area contributed by atoms with Gasteiger partial charge in [0.05, 0.1) is 6.42 Å². The van der Waals surface area contributed by atoms with Gasteiger partial charge < -0.3 is 11.1 Å². The fraction of sp³-hybridized carbons (Fsp3) is 0.500. The molecule has 3 N–H and O–H groups in total. The van der Waals surface area contributed by atoms with Gasteiger partial charge in [0.2, 0.25) is 5.91 Å². The third-order valence-electron chi connectivity index (χ3n) is 2.86. The van der Waals surface area contributed by atoms with Crippen LogP contribution >= 0.6 is 24.0 Å². The molecule has 1 unspecified atom stereocenters. The molecule has 5 heteroatoms. The maximum atomic E-state index is 11.9. The summed E-state index contributed by atoms with van der Waals surface area (Å²) in [6.07, 6.45) is 3.43. The van der Waals surface area contributed by atoms with Crippen molar-refractivity contribution in [3.8, 4) is 0 Å². The Labute approximate surface area is 126 Å². The van der Waals surface area contributed by atoms with E-state index in [9.17, 15) is 4.79 Å². The zero-order chi connectivity index (χ0) is 13.4. The fourth-order valence-electron chi connectivity index (χ4n) is 1.79. The second kappa shape index (κ2) is 10.1. The second-order valence-corrected chi connectivity index (χ2v) is 4.82. The minimum atomic E-state index is -0.0188. The smallest absolute Gasteiger partial charge is 0.224 e. The molecule has 0 aromatic heterocycles. The summed E-state index contributed by atoms with van der Waals surface area (Å²) in [5.74, 6) is -0.0188. The van der Waals surface area contributed by atoms with Gasteiger partial charge in [-0.05, 0) is 18.1 Å². The summed E-state index contributed by atoms with van der Waals surface area (Å²) in [4.78, 5) is 11.9. The molecule has 1 aromatic rings. The van der Waals surface area contributed by atoms with E-state index in [1.807, 2.05) is 18.2 Å². The minimum absolute atomic E-state index is 0. The average molecular weight is 305 g/mol. The van der Waals surface area contributed by atoms with Gasteiger partial charge in [-0.3, -0.25) is 4.79 Å². The highest BCUT2D eigenvalue weighted by molar-refractivity contribution is 6.31. The molecular weight excluding hydrogens is 283 g/mol. The Bertz CT molecular complexity index is 385. The van der Waals surface area contributed by atoms with Crippen molar-refractivity contribution in [3.05, 3.63) is 34.9 Å². The first-order chi connectivity index (χ1) is 8.67. The van der Waals surface area contributed by atoms with Gasteiger partial charge in [0.15, 0.2) is 0 Å². The summed E-state index contributed by atoms with van der Waals surface area (Å²) >= 11 is 6.02. The van der Waals surface area contributed by atoms with E-state index >= 15 is 0 Å². The summed E-state index contributed by atoms with van der Waals surface area (Å²) in [7, 11) is 0. The third kappa shape index (κ3) is 6.81. The predicted octanol–water partition coefficient (Wildman–Crippen LogP) is 2.94. The van der Waals surface area contributed by atoms with Crippen LogP contribution in [0, 0.1) is 0 Å². The average Bonchev–Trinajstić information content (AvgIpc) is 2.37. The zero-order valence-electron chi connectivity index (χ0n) is 11.2. The number of halogens is 2. The van der Waals surface area contributed by atoms with E-state index in [1.165, 1.54) is 0 Å². The van der Waals surface area contributed by atoms with E-state index in [-0.39, 0.29) is 24.4 Å². The van der Waals surface area contributed by atoms with Gasteiger partial charge in [-0.15, -0.1) is 12.4 Å². The van der Waals surface area contributed by atoms with Crippen molar-refractivity contribution in [3.63, 3.8) is 0 Å². The monoisotopic (exact) mass is 304 g/mol. The van der Waals surface area contributed by atoms with Gasteiger partial charge in [-0.1, -0.05) is 49.6 Å². The summed E-state index contributed by atoms with van der Waals surface area (Å²) in [6, 6.07) is 7.46. The van der Waals surface area contributed by atoms with Crippen LogP contribution in [0.15, 0.2) is 24.3 Å². The van der Waals surface area contributed by atoms with Crippen molar-refractivity contribution >= 4 is 29.9 Å². The first kappa shape index (κ1) is 18.2. The van der Waals surface area contributed by atoms with Gasteiger partial charge in [-0.25, -0.2) is 0 Å². The van der Waals surface area contributed by atoms with E-state index in [0.29, 0.717) is 18.0 Å². The number of benzene rings is 1. The molecule has 19 heavy (non-hydrogen) atoms. The molecule has 0 saturated carbocycles. The number of carbonyl (C=O) groups is 1. The molecular formula is C14H22Cl2N2O. The van der Waals surface area contributed by atoms with Crippen LogP contribution in [-0.2, 0) is 11.2 Å². The molecule has 0 spiro atoms. The van der Waals surface area contributed by atoms with Gasteiger partial charge in [-0.2, -0.15) is 0 Å². The first-order valence-electron chi connectivity index (χ1n) is 6.40. The number of amides is 1. The van der Waals surface area contributed by atoms with Crippen molar-refractivity contribution in [2.24, 2.45) is 5.73 Å². The van der Waals surface area contributed by atoms with Crippen LogP contribution in [0.3, 0.4) is 0 Å². The Balaban J connectivity index is 0.00000324. The lowest BCUT2D eigenvalue weighted by Crippen LogP contribution is -2.40. The van der Waals surface area contributed by atoms with Crippen LogP contribution in [-0.4, -0.2) is 18.5 Å². The van der Waals surface area contributed by atoms with Gasteiger partial charge in [0.25, 0.3) is 0 Å². The Morgan fingerprint density at radius 2 is 2.11 bits per heavy atom. The first-order valence-corrected chi connectivity index (χ1v) is 6.78. The second-order valence-electron chi connectivity index (χ2n) is 4.41. The highest BCUT2D eigenvalue weighted by atomic mass is 35.5. The molecule has 1 aromatic carbocycles. The van der Waals surface area contributed by atoms with Crippen LogP contribution in [0.25, 0.3) is 0 Å². The van der Waals surface area contributed by atoms with E-state index in [2.05, 4.69) is 12.2 Å². The van der Waals surface area contributed by atoms with Crippen molar-refractivity contribution in [2.75, 3.05) is 6.54 Å². The van der Waals surface area contributed by atoms with Gasteiger partial charge >= 0.3 is 0 Å². The lowest BCUT2D eigenvalue weighted by Gasteiger charge is -2.16. The Morgan fingerprint density at radius 1 is 1.42 bits per heavy atom. The maximum Gasteiger partial charge on any atom is 0.224 e. The number of carbonyl (C=O) groups excluding carboxylic acids is 1. The van der Waals surface area contributed by atoms with Gasteiger partial charge in [0, 0.05) is 17.6 Å². The van der Waals surface area contributed by atoms with E-state index in [4.69, 9.17) is 17.3 Å². The minimum Gasteiger partial charge on any atom is -0.352 e. The highest BCUT2D eigenvalue weighted by Crippen LogP contribution is 2.15. The maximum absolute atomic E-state index is 11.9. The van der Waals surface area contributed by atoms with Crippen molar-refractivity contribution in [2.45, 2.75) is 38.6 Å². The molecule has 0 saturated heterocycles. The standard InChI is InChI=1S/C14H21ClN2O.ClH/c1-2-3-7-12(10-16)17-14(18)9-11-6-4-5-8-13(11)15;/h4-6,8,12H,2-3,7,9-10,16H2,1H3,(H,17,18);1H. The topological polar surface area (TPSA) is 55.1 Å². The molecule has 0 fully saturated rings. The molecule has 108 valence electrons. The van der Waals surface area contributed by atoms with Crippen molar-refractivity contribution in [1.29, 1.82) is 0 Å². The molecule has 0 aliphatic rings. The number of unbranched alkanes of at least 4 members (excludes halogenated alkanes) is 1. The quantitative estimate of drug-likeness (QED) is 0.814. The van der Waals surface area contributed by atoms with E-state index in [0.717, 1.165) is 24.8 Å². The summed E-state index contributed by atoms with van der Waals surface area (Å²) in [5.41, 5.74) is 6.49. The van der Waals surface area contributed by atoms with Crippen LogP contribution < -0.4 is 11.1 Å². The number of hydrogen-bond donors (Lipinski definition) is 2. The Kier molecular flexibility index (Phi) is 9.66. The third-order valence-corrected chi connectivity index (χ3v) is 3.23. The van der Waals surface area contributed by atoms with Gasteiger partial charge in [0.1, 0.15) is 0 Å². The number of hydrogen-bond acceptors (Lipinski definition) is 2. The Hall–Kier alpha value is -0.770. The number of rotatable bonds is 7. The largest absolute Gasteiger partial charge is 0.352 e. The lowest BCUT2D eigenvalue weighted by atomic mass is 10.1. The Morgan fingerprint density at radius 3 is 2.68 bits per heavy atom. The van der Waals surface area contributed by atoms with Crippen molar-refractivity contribution in [1.82, 2.24) is 5.32 Å². The van der Waals surface area contributed by atoms with E-state index in [1.54, 1.807) is 6.07 Å². The molecule has 3 nitrogen and oxygen atoms in total. The number of nitrogens with two attached hydrogens (primary N) is 1. The molecule has 0 aliphatic heterocycles. The predicted molar refractivity (Wildman–Crippen MR) is 82.9 cm³/mol. The molecule has 0 heterocycles. The highest BCUT2D eigenvalue weighted by Gasteiger charge is 2.11. The van der Waals surface area contributed by atoms with Crippen LogP contribution in [0.4, 0.5) is 0 Å². The molecule has 0 radical (unpaired) electrons. The molecule has 0 aliphatic carbocycles. The van der Waals surface area contributed by atoms with Crippen LogP contribution in [0.5, 0.6) is 0 Å². The molecule has 0 bridgehead atoms. The van der Waals surface area contributed by atoms with E-state index < -0.39 is 0 Å². The SMILES string of the molecule is CCCCC(CN)NC(=O)Cc1ccccc1Cl.Cl. The lowest BCUT2D eigenvalue weighted by molar-refractivity contribution is -0.121. The fourth-order valence-corrected chi connectivity index (χ4v) is 2.00. The van der Waals surface area contributed by atoms with Crippen LogP contribution in [0.2, 0.25) is 5.02 Å². The summed E-state index contributed by atoms with van der Waals surface area (Å²) in [5, 5.41) is 3.58.